The van der Waals surface area contributed by atoms with Crippen molar-refractivity contribution in [1.29, 1.82) is 0 Å². The van der Waals surface area contributed by atoms with Gasteiger partial charge >= 0.3 is 5.97 Å². The Hall–Kier alpha value is -2.04. The van der Waals surface area contributed by atoms with Gasteiger partial charge in [-0.25, -0.2) is 0 Å². The topological polar surface area (TPSA) is 55.8 Å². The van der Waals surface area contributed by atoms with E-state index in [0.717, 1.165) is 5.69 Å². The number of esters is 1. The number of rotatable bonds is 2. The van der Waals surface area contributed by atoms with Crippen molar-refractivity contribution in [3.8, 4) is 5.75 Å². The van der Waals surface area contributed by atoms with Gasteiger partial charge < -0.3 is 14.4 Å². The van der Waals surface area contributed by atoms with Gasteiger partial charge in [0.15, 0.2) is 6.10 Å². The maximum Gasteiger partial charge on any atom is 0.316 e. The summed E-state index contributed by atoms with van der Waals surface area (Å²) >= 11 is 0. The number of hydrogen-bond donors (Lipinski definition) is 0. The molecule has 0 aromatic heterocycles. The third kappa shape index (κ3) is 1.61. The molecule has 5 nitrogen and oxygen atoms in total. The highest BCUT2D eigenvalue weighted by molar-refractivity contribution is 6.03. The largest absolute Gasteiger partial charge is 0.477 e. The summed E-state index contributed by atoms with van der Waals surface area (Å²) in [4.78, 5) is 25.8. The summed E-state index contributed by atoms with van der Waals surface area (Å²) in [5, 5.41) is 0. The van der Waals surface area contributed by atoms with Crippen LogP contribution in [0.4, 0.5) is 5.69 Å². The van der Waals surface area contributed by atoms with E-state index < -0.39 is 11.5 Å². The molecule has 1 aliphatic heterocycles. The lowest BCUT2D eigenvalue weighted by atomic mass is 9.96. The van der Waals surface area contributed by atoms with E-state index in [9.17, 15) is 9.59 Å². The number of para-hydroxylation sites is 2. The summed E-state index contributed by atoms with van der Waals surface area (Å²) in [6.45, 7) is 0. The van der Waals surface area contributed by atoms with Crippen molar-refractivity contribution in [2.24, 2.45) is 5.41 Å². The average Bonchev–Trinajstić information content (AvgIpc) is 3.23. The third-order valence-corrected chi connectivity index (χ3v) is 3.91. The molecule has 1 atom stereocenters. The Kier molecular flexibility index (Phi) is 2.52. The van der Waals surface area contributed by atoms with Crippen LogP contribution in [0.25, 0.3) is 0 Å². The van der Waals surface area contributed by atoms with Crippen LogP contribution in [0.2, 0.25) is 0 Å². The number of amides is 1. The Balaban J connectivity index is 1.98. The first kappa shape index (κ1) is 12.0. The Morgan fingerprint density at radius 1 is 1.42 bits per heavy atom. The smallest absolute Gasteiger partial charge is 0.316 e. The molecule has 0 spiro atoms. The summed E-state index contributed by atoms with van der Waals surface area (Å²) < 4.78 is 10.6. The number of benzene rings is 1. The van der Waals surface area contributed by atoms with Crippen LogP contribution in [0.15, 0.2) is 24.3 Å². The van der Waals surface area contributed by atoms with Crippen LogP contribution >= 0.6 is 0 Å². The zero-order chi connectivity index (χ0) is 13.6. The van der Waals surface area contributed by atoms with Crippen molar-refractivity contribution in [3.05, 3.63) is 24.3 Å². The molecule has 0 bridgehead atoms. The molecule has 1 fully saturated rings. The average molecular weight is 261 g/mol. The second-order valence-corrected chi connectivity index (χ2v) is 5.01. The van der Waals surface area contributed by atoms with E-state index in [1.165, 1.54) is 7.11 Å². The van der Waals surface area contributed by atoms with Gasteiger partial charge in [0.2, 0.25) is 0 Å². The molecule has 1 saturated carbocycles. The number of likely N-dealkylation sites (N-methyl/N-ethyl adjacent to an activating group) is 1. The monoisotopic (exact) mass is 261 g/mol. The second-order valence-electron chi connectivity index (χ2n) is 5.01. The Morgan fingerprint density at radius 2 is 2.11 bits per heavy atom. The second kappa shape index (κ2) is 3.98. The first-order valence-electron chi connectivity index (χ1n) is 6.22. The van der Waals surface area contributed by atoms with E-state index in [0.29, 0.717) is 18.6 Å². The van der Waals surface area contributed by atoms with Gasteiger partial charge in [-0.1, -0.05) is 12.1 Å². The molecule has 3 rings (SSSR count). The minimum atomic E-state index is -0.798. The van der Waals surface area contributed by atoms with Crippen molar-refractivity contribution in [2.45, 2.75) is 18.9 Å². The van der Waals surface area contributed by atoms with Crippen molar-refractivity contribution < 1.29 is 19.1 Å². The van der Waals surface area contributed by atoms with Gasteiger partial charge in [0.25, 0.3) is 5.91 Å². The van der Waals surface area contributed by atoms with Gasteiger partial charge in [-0.3, -0.25) is 9.59 Å². The van der Waals surface area contributed by atoms with E-state index in [-0.39, 0.29) is 11.9 Å². The zero-order valence-electron chi connectivity index (χ0n) is 10.9. The zero-order valence-corrected chi connectivity index (χ0v) is 10.9. The van der Waals surface area contributed by atoms with Crippen LogP contribution < -0.4 is 9.64 Å². The maximum atomic E-state index is 12.4. The fraction of sp³-hybridized carbons (Fsp3) is 0.429. The highest BCUT2D eigenvalue weighted by atomic mass is 16.5. The minimum absolute atomic E-state index is 0.193. The van der Waals surface area contributed by atoms with E-state index >= 15 is 0 Å². The van der Waals surface area contributed by atoms with E-state index in [2.05, 4.69) is 0 Å². The fourth-order valence-electron chi connectivity index (χ4n) is 2.57. The van der Waals surface area contributed by atoms with E-state index in [1.807, 2.05) is 18.2 Å². The van der Waals surface area contributed by atoms with E-state index in [1.54, 1.807) is 18.0 Å². The predicted octanol–water partition coefficient (Wildman–Crippen LogP) is 1.36. The lowest BCUT2D eigenvalue weighted by Gasteiger charge is -2.35. The maximum absolute atomic E-state index is 12.4. The summed E-state index contributed by atoms with van der Waals surface area (Å²) in [6.07, 6.45) is 0.484. The van der Waals surface area contributed by atoms with Crippen molar-refractivity contribution in [2.75, 3.05) is 19.1 Å². The summed E-state index contributed by atoms with van der Waals surface area (Å²) in [6, 6.07) is 7.32. The van der Waals surface area contributed by atoms with Crippen LogP contribution in [-0.2, 0) is 14.3 Å². The molecule has 0 radical (unpaired) electrons. The van der Waals surface area contributed by atoms with Crippen molar-refractivity contribution >= 4 is 17.6 Å². The molecular formula is C14H15NO4. The van der Waals surface area contributed by atoms with Gasteiger partial charge in [0.05, 0.1) is 12.8 Å². The SMILES string of the molecule is COC(=O)C1(C2Oc3ccccc3N(C)C2=O)CC1. The number of nitrogens with zero attached hydrogens (tertiary/aromatic N) is 1. The number of ether oxygens (including phenoxy) is 2. The summed E-state index contributed by atoms with van der Waals surface area (Å²) in [7, 11) is 3.04. The molecule has 2 aliphatic rings. The Bertz CT molecular complexity index is 550. The molecule has 1 aliphatic carbocycles. The highest BCUT2D eigenvalue weighted by Gasteiger charge is 2.62. The van der Waals surface area contributed by atoms with Gasteiger partial charge in [-0.05, 0) is 25.0 Å². The Morgan fingerprint density at radius 3 is 2.74 bits per heavy atom. The normalized spacial score (nSPS) is 23.4. The van der Waals surface area contributed by atoms with Crippen LogP contribution in [0.5, 0.6) is 5.75 Å². The van der Waals surface area contributed by atoms with Crippen LogP contribution in [-0.4, -0.2) is 32.1 Å². The standard InChI is InChI=1S/C14H15NO4/c1-15-9-5-3-4-6-10(9)19-11(12(15)16)14(7-8-14)13(17)18-2/h3-6,11H,7-8H2,1-2H3. The fourth-order valence-corrected chi connectivity index (χ4v) is 2.57. The summed E-state index contributed by atoms with van der Waals surface area (Å²) in [5.41, 5.74) is -0.0717. The van der Waals surface area contributed by atoms with Crippen LogP contribution in [0, 0.1) is 5.41 Å². The first-order chi connectivity index (χ1) is 9.10. The number of carbonyl (C=O) groups excluding carboxylic acids is 2. The predicted molar refractivity (Wildman–Crippen MR) is 68.0 cm³/mol. The van der Waals surface area contributed by atoms with E-state index in [4.69, 9.17) is 9.47 Å². The number of anilines is 1. The molecule has 1 amide bonds. The quantitative estimate of drug-likeness (QED) is 0.754. The van der Waals surface area contributed by atoms with Crippen LogP contribution in [0.3, 0.4) is 0 Å². The van der Waals surface area contributed by atoms with Gasteiger partial charge in [0, 0.05) is 7.05 Å². The molecule has 0 saturated heterocycles. The van der Waals surface area contributed by atoms with Gasteiger partial charge in [0.1, 0.15) is 11.2 Å². The highest BCUT2D eigenvalue weighted by Crippen LogP contribution is 2.53. The molecule has 1 unspecified atom stereocenters. The molecule has 1 aromatic rings. The molecule has 5 heteroatoms. The number of hydrogen-bond acceptors (Lipinski definition) is 4. The third-order valence-electron chi connectivity index (χ3n) is 3.91. The number of carbonyl (C=O) groups is 2. The molecule has 0 N–H and O–H groups in total. The number of methoxy groups -OCH3 is 1. The van der Waals surface area contributed by atoms with Gasteiger partial charge in [-0.15, -0.1) is 0 Å². The van der Waals surface area contributed by atoms with Crippen molar-refractivity contribution in [1.82, 2.24) is 0 Å². The first-order valence-corrected chi connectivity index (χ1v) is 6.22. The van der Waals surface area contributed by atoms with Gasteiger partial charge in [-0.2, -0.15) is 0 Å². The molecular weight excluding hydrogens is 246 g/mol. The molecule has 100 valence electrons. The molecule has 19 heavy (non-hydrogen) atoms. The lowest BCUT2D eigenvalue weighted by Crippen LogP contribution is -2.51. The summed E-state index contributed by atoms with van der Waals surface area (Å²) in [5.74, 6) is 0.0741. The lowest BCUT2D eigenvalue weighted by molar-refractivity contribution is -0.155. The minimum Gasteiger partial charge on any atom is -0.477 e. The Labute approximate surface area is 111 Å². The molecule has 1 aromatic carbocycles. The molecule has 1 heterocycles. The van der Waals surface area contributed by atoms with Crippen molar-refractivity contribution in [3.63, 3.8) is 0 Å². The number of fused-ring (bicyclic) bond motifs is 1. The van der Waals surface area contributed by atoms with Crippen LogP contribution in [0.1, 0.15) is 12.8 Å².